The van der Waals surface area contributed by atoms with Crippen LogP contribution in [0.5, 0.6) is 0 Å². The first-order valence-corrected chi connectivity index (χ1v) is 9.83. The molecule has 0 saturated carbocycles. The summed E-state index contributed by atoms with van der Waals surface area (Å²) < 4.78 is 5.04. The van der Waals surface area contributed by atoms with E-state index in [1.54, 1.807) is 23.2 Å². The zero-order chi connectivity index (χ0) is 20.5. The summed E-state index contributed by atoms with van der Waals surface area (Å²) in [6, 6.07) is 5.51. The van der Waals surface area contributed by atoms with Crippen molar-refractivity contribution in [1.82, 2.24) is 14.9 Å². The highest BCUT2D eigenvalue weighted by molar-refractivity contribution is 5.94. The molecule has 0 spiro atoms. The maximum atomic E-state index is 12.8. The highest BCUT2D eigenvalue weighted by Gasteiger charge is 2.31. The summed E-state index contributed by atoms with van der Waals surface area (Å²) in [6.45, 7) is 9.07. The third kappa shape index (κ3) is 3.74. The number of piperazine rings is 1. The van der Waals surface area contributed by atoms with Crippen LogP contribution in [0.1, 0.15) is 28.5 Å². The molecule has 1 atom stereocenters. The maximum absolute atomic E-state index is 12.8. The molecule has 0 bridgehead atoms. The van der Waals surface area contributed by atoms with Crippen LogP contribution in [0.15, 0.2) is 30.6 Å². The summed E-state index contributed by atoms with van der Waals surface area (Å²) in [5, 5.41) is 0. The number of carbonyl (C=O) groups excluding carboxylic acids is 2. The number of hydrogen-bond acceptors (Lipinski definition) is 6. The van der Waals surface area contributed by atoms with Crippen molar-refractivity contribution < 1.29 is 14.3 Å². The lowest BCUT2D eigenvalue weighted by atomic mass is 10.2. The number of aryl methyl sites for hydroxylation is 2. The number of pyridine rings is 2. The molecule has 152 valence electrons. The molecule has 2 fully saturated rings. The van der Waals surface area contributed by atoms with Gasteiger partial charge in [-0.25, -0.2) is 14.8 Å². The fourth-order valence-electron chi connectivity index (χ4n) is 3.85. The second kappa shape index (κ2) is 7.69. The molecule has 4 rings (SSSR count). The fourth-order valence-corrected chi connectivity index (χ4v) is 3.85. The Morgan fingerprint density at radius 2 is 1.86 bits per heavy atom. The number of rotatable bonds is 3. The van der Waals surface area contributed by atoms with Gasteiger partial charge in [0, 0.05) is 32.4 Å². The Kier molecular flexibility index (Phi) is 5.08. The number of anilines is 2. The molecule has 0 aliphatic carbocycles. The molecule has 2 aliphatic heterocycles. The van der Waals surface area contributed by atoms with Crippen molar-refractivity contribution in [3.63, 3.8) is 0 Å². The lowest BCUT2D eigenvalue weighted by Gasteiger charge is -2.36. The summed E-state index contributed by atoms with van der Waals surface area (Å²) in [7, 11) is 0. The number of aromatic nitrogens is 2. The first kappa shape index (κ1) is 19.2. The van der Waals surface area contributed by atoms with E-state index in [-0.39, 0.29) is 18.0 Å². The fraction of sp³-hybridized carbons (Fsp3) is 0.429. The maximum Gasteiger partial charge on any atom is 0.414 e. The number of ether oxygens (including phenoxy) is 1. The van der Waals surface area contributed by atoms with Gasteiger partial charge in [0.15, 0.2) is 0 Å². The number of carbonyl (C=O) groups is 2. The number of nitrogens with zero attached hydrogens (tertiary/aromatic N) is 5. The van der Waals surface area contributed by atoms with Crippen LogP contribution in [0.25, 0.3) is 0 Å². The minimum absolute atomic E-state index is 0.0437. The van der Waals surface area contributed by atoms with Gasteiger partial charge in [-0.1, -0.05) is 6.07 Å². The van der Waals surface area contributed by atoms with E-state index in [0.29, 0.717) is 31.1 Å². The molecule has 2 aliphatic rings. The Morgan fingerprint density at radius 3 is 2.45 bits per heavy atom. The molecule has 2 aromatic rings. The first-order chi connectivity index (χ1) is 13.9. The first-order valence-electron chi connectivity index (χ1n) is 9.83. The summed E-state index contributed by atoms with van der Waals surface area (Å²) in [5.41, 5.74) is 3.32. The third-order valence-electron chi connectivity index (χ3n) is 5.38. The number of amides is 2. The second-order valence-electron chi connectivity index (χ2n) is 7.63. The van der Waals surface area contributed by atoms with Crippen molar-refractivity contribution in [1.29, 1.82) is 0 Å². The van der Waals surface area contributed by atoms with Gasteiger partial charge < -0.3 is 14.5 Å². The second-order valence-corrected chi connectivity index (χ2v) is 7.63. The van der Waals surface area contributed by atoms with Crippen LogP contribution in [0.3, 0.4) is 0 Å². The standard InChI is InChI=1S/C21H25N5O3/c1-14-10-15(2)19(23-11-14)24-6-8-25(9-7-24)20(27)18-5-4-17(12-22-18)26-16(3)13-29-21(26)28/h4-5,10-12,16H,6-9,13H2,1-3H3/t16-/m1/s1. The Morgan fingerprint density at radius 1 is 1.10 bits per heavy atom. The summed E-state index contributed by atoms with van der Waals surface area (Å²) >= 11 is 0. The largest absolute Gasteiger partial charge is 0.447 e. The van der Waals surface area contributed by atoms with E-state index in [1.165, 1.54) is 0 Å². The zero-order valence-corrected chi connectivity index (χ0v) is 17.0. The molecule has 8 heteroatoms. The molecule has 4 heterocycles. The highest BCUT2D eigenvalue weighted by atomic mass is 16.6. The van der Waals surface area contributed by atoms with Crippen LogP contribution < -0.4 is 9.80 Å². The summed E-state index contributed by atoms with van der Waals surface area (Å²) in [5.74, 6) is 0.888. The van der Waals surface area contributed by atoms with E-state index in [1.807, 2.05) is 24.9 Å². The molecular weight excluding hydrogens is 370 g/mol. The highest BCUT2D eigenvalue weighted by Crippen LogP contribution is 2.23. The Hall–Kier alpha value is -3.16. The van der Waals surface area contributed by atoms with Crippen molar-refractivity contribution in [2.75, 3.05) is 42.6 Å². The normalized spacial score (nSPS) is 19.5. The van der Waals surface area contributed by atoms with Crippen molar-refractivity contribution in [3.8, 4) is 0 Å². The Bertz CT molecular complexity index is 922. The van der Waals surface area contributed by atoms with Gasteiger partial charge in [0.05, 0.1) is 17.9 Å². The lowest BCUT2D eigenvalue weighted by Crippen LogP contribution is -2.49. The van der Waals surface area contributed by atoms with Crippen LogP contribution in [-0.2, 0) is 4.74 Å². The van der Waals surface area contributed by atoms with Crippen molar-refractivity contribution in [3.05, 3.63) is 47.4 Å². The molecule has 2 aromatic heterocycles. The summed E-state index contributed by atoms with van der Waals surface area (Å²) in [4.78, 5) is 39.1. The minimum Gasteiger partial charge on any atom is -0.447 e. The van der Waals surface area contributed by atoms with Gasteiger partial charge in [0.2, 0.25) is 0 Å². The van der Waals surface area contributed by atoms with Crippen LogP contribution in [0.4, 0.5) is 16.3 Å². The Labute approximate surface area is 170 Å². The molecular formula is C21H25N5O3. The van der Waals surface area contributed by atoms with Crippen molar-refractivity contribution >= 4 is 23.5 Å². The molecule has 0 N–H and O–H groups in total. The zero-order valence-electron chi connectivity index (χ0n) is 17.0. The molecule has 2 amide bonds. The van der Waals surface area contributed by atoms with Gasteiger partial charge in [-0.3, -0.25) is 9.69 Å². The molecule has 2 saturated heterocycles. The van der Waals surface area contributed by atoms with E-state index >= 15 is 0 Å². The topological polar surface area (TPSA) is 78.9 Å². The predicted octanol–water partition coefficient (Wildman–Crippen LogP) is 2.40. The number of hydrogen-bond donors (Lipinski definition) is 0. The average molecular weight is 395 g/mol. The van der Waals surface area contributed by atoms with Gasteiger partial charge in [-0.05, 0) is 44.0 Å². The van der Waals surface area contributed by atoms with Gasteiger partial charge in [0.25, 0.3) is 5.91 Å². The smallest absolute Gasteiger partial charge is 0.414 e. The summed E-state index contributed by atoms with van der Waals surface area (Å²) in [6.07, 6.45) is 3.06. The van der Waals surface area contributed by atoms with Crippen LogP contribution in [0.2, 0.25) is 0 Å². The van der Waals surface area contributed by atoms with Crippen LogP contribution in [-0.4, -0.2) is 65.7 Å². The molecule has 0 aromatic carbocycles. The molecule has 0 radical (unpaired) electrons. The average Bonchev–Trinajstić information content (AvgIpc) is 3.06. The molecule has 8 nitrogen and oxygen atoms in total. The van der Waals surface area contributed by atoms with Crippen molar-refractivity contribution in [2.45, 2.75) is 26.8 Å². The quantitative estimate of drug-likeness (QED) is 0.794. The predicted molar refractivity (Wildman–Crippen MR) is 109 cm³/mol. The third-order valence-corrected chi connectivity index (χ3v) is 5.38. The van der Waals surface area contributed by atoms with Crippen LogP contribution in [0, 0.1) is 13.8 Å². The van der Waals surface area contributed by atoms with Gasteiger partial charge >= 0.3 is 6.09 Å². The van der Waals surface area contributed by atoms with E-state index in [0.717, 1.165) is 30.0 Å². The minimum atomic E-state index is -0.380. The monoisotopic (exact) mass is 395 g/mol. The Balaban J connectivity index is 1.40. The van der Waals surface area contributed by atoms with Gasteiger partial charge in [-0.2, -0.15) is 0 Å². The van der Waals surface area contributed by atoms with E-state index in [9.17, 15) is 9.59 Å². The van der Waals surface area contributed by atoms with E-state index in [4.69, 9.17) is 4.74 Å². The lowest BCUT2D eigenvalue weighted by molar-refractivity contribution is 0.0740. The molecule has 29 heavy (non-hydrogen) atoms. The van der Waals surface area contributed by atoms with Crippen LogP contribution >= 0.6 is 0 Å². The SMILES string of the molecule is Cc1cnc(N2CCN(C(=O)c3ccc(N4C(=O)OC[C@H]4C)cn3)CC2)c(C)c1. The number of cyclic esters (lactones) is 1. The van der Waals surface area contributed by atoms with Crippen molar-refractivity contribution in [2.24, 2.45) is 0 Å². The van der Waals surface area contributed by atoms with E-state index in [2.05, 4.69) is 27.9 Å². The molecule has 0 unspecified atom stereocenters. The van der Waals surface area contributed by atoms with E-state index < -0.39 is 0 Å². The van der Waals surface area contributed by atoms with Gasteiger partial charge in [-0.15, -0.1) is 0 Å². The van der Waals surface area contributed by atoms with Gasteiger partial charge in [0.1, 0.15) is 18.1 Å².